The average molecular weight is 411 g/mol. The third-order valence-electron chi connectivity index (χ3n) is 3.80. The summed E-state index contributed by atoms with van der Waals surface area (Å²) in [6.45, 7) is 1.44. The maximum Gasteiger partial charge on any atom is 0.237 e. The van der Waals surface area contributed by atoms with E-state index in [-0.39, 0.29) is 32.5 Å². The first-order valence-electron chi connectivity index (χ1n) is 6.92. The monoisotopic (exact) mass is 410 g/mol. The Kier molecular flexibility index (Phi) is 4.16. The van der Waals surface area contributed by atoms with Gasteiger partial charge in [-0.1, -0.05) is 0 Å². The van der Waals surface area contributed by atoms with E-state index in [1.54, 1.807) is 0 Å². The van der Waals surface area contributed by atoms with Crippen LogP contribution >= 0.6 is 15.9 Å². The molecule has 128 valence electrons. The van der Waals surface area contributed by atoms with Crippen molar-refractivity contribution in [1.29, 1.82) is 0 Å². The minimum absolute atomic E-state index is 0.0277. The fourth-order valence-corrected chi connectivity index (χ4v) is 2.98. The molecule has 2 aromatic rings. The van der Waals surface area contributed by atoms with Gasteiger partial charge in [0, 0.05) is 11.1 Å². The van der Waals surface area contributed by atoms with Crippen LogP contribution in [-0.4, -0.2) is 24.5 Å². The van der Waals surface area contributed by atoms with Gasteiger partial charge in [-0.2, -0.15) is 0 Å². The van der Waals surface area contributed by atoms with Crippen LogP contribution in [0.15, 0.2) is 28.4 Å². The number of halogens is 3. The maximum absolute atomic E-state index is 13.8. The van der Waals surface area contributed by atoms with Gasteiger partial charge in [-0.3, -0.25) is 14.4 Å². The largest absolute Gasteiger partial charge is 0.491 e. The Morgan fingerprint density at radius 3 is 2.32 bits per heavy atom. The van der Waals surface area contributed by atoms with Gasteiger partial charge in [0.25, 0.3) is 0 Å². The van der Waals surface area contributed by atoms with Gasteiger partial charge in [0.15, 0.2) is 28.9 Å². The zero-order valence-corrected chi connectivity index (χ0v) is 14.5. The van der Waals surface area contributed by atoms with Crippen molar-refractivity contribution >= 4 is 37.8 Å². The summed E-state index contributed by atoms with van der Waals surface area (Å²) in [4.78, 5) is 36.8. The second-order valence-electron chi connectivity index (χ2n) is 5.25. The first-order valence-corrected chi connectivity index (χ1v) is 7.72. The molecule has 1 aromatic carbocycles. The molecule has 5 nitrogen and oxygen atoms in total. The molecule has 3 rings (SSSR count). The molecule has 0 saturated heterocycles. The van der Waals surface area contributed by atoms with Crippen molar-refractivity contribution in [3.8, 4) is 5.75 Å². The molecule has 8 heteroatoms. The van der Waals surface area contributed by atoms with Gasteiger partial charge in [-0.05, 0) is 35.0 Å². The van der Waals surface area contributed by atoms with E-state index >= 15 is 0 Å². The molecule has 0 amide bonds. The number of Topliss-reactive ketones (excluding diaryl/α,β-unsaturated/α-hetero) is 2. The summed E-state index contributed by atoms with van der Waals surface area (Å²) >= 11 is 3.15. The number of methoxy groups -OCH3 is 1. The lowest BCUT2D eigenvalue weighted by Gasteiger charge is -2.12. The molecule has 0 saturated carbocycles. The maximum atomic E-state index is 13.8. The molecule has 0 aliphatic heterocycles. The smallest absolute Gasteiger partial charge is 0.237 e. The SMILES string of the molecule is COc1c(F)cc(C(=O)c2coc3c2C(=O)C(=O)C(C)=C3Br)cc1F. The molecule has 0 N–H and O–H groups in total. The molecular formula is C17H9BrF2O5. The second-order valence-corrected chi connectivity index (χ2v) is 6.05. The lowest BCUT2D eigenvalue weighted by Crippen LogP contribution is -2.23. The van der Waals surface area contributed by atoms with E-state index < -0.39 is 34.7 Å². The Morgan fingerprint density at radius 2 is 1.76 bits per heavy atom. The predicted octanol–water partition coefficient (Wildman–Crippen LogP) is 3.69. The topological polar surface area (TPSA) is 73.6 Å². The van der Waals surface area contributed by atoms with Crippen LogP contribution in [0.25, 0.3) is 4.48 Å². The summed E-state index contributed by atoms with van der Waals surface area (Å²) in [5, 5.41) is 0. The molecule has 0 unspecified atom stereocenters. The van der Waals surface area contributed by atoms with E-state index in [0.29, 0.717) is 0 Å². The van der Waals surface area contributed by atoms with Crippen LogP contribution in [0.2, 0.25) is 0 Å². The molecule has 1 aliphatic carbocycles. The van der Waals surface area contributed by atoms with Crippen LogP contribution in [-0.2, 0) is 4.79 Å². The predicted molar refractivity (Wildman–Crippen MR) is 85.9 cm³/mol. The summed E-state index contributed by atoms with van der Waals surface area (Å²) < 4.78 is 37.7. The Morgan fingerprint density at radius 1 is 1.16 bits per heavy atom. The number of carbonyl (C=O) groups is 3. The van der Waals surface area contributed by atoms with Crippen LogP contribution in [0.4, 0.5) is 8.78 Å². The highest BCUT2D eigenvalue weighted by Crippen LogP contribution is 2.37. The fourth-order valence-electron chi connectivity index (χ4n) is 2.51. The second kappa shape index (κ2) is 6.03. The lowest BCUT2D eigenvalue weighted by atomic mass is 9.90. The molecule has 1 aliphatic rings. The minimum Gasteiger partial charge on any atom is -0.491 e. The van der Waals surface area contributed by atoms with E-state index in [2.05, 4.69) is 20.7 Å². The highest BCUT2D eigenvalue weighted by molar-refractivity contribution is 9.15. The number of benzene rings is 1. The van der Waals surface area contributed by atoms with Crippen molar-refractivity contribution in [2.24, 2.45) is 0 Å². The number of furan rings is 1. The van der Waals surface area contributed by atoms with Gasteiger partial charge in [-0.15, -0.1) is 0 Å². The Labute approximate surface area is 148 Å². The minimum atomic E-state index is -1.07. The normalized spacial score (nSPS) is 14.0. The van der Waals surface area contributed by atoms with Crippen LogP contribution in [0.1, 0.15) is 39.0 Å². The van der Waals surface area contributed by atoms with Crippen molar-refractivity contribution in [1.82, 2.24) is 0 Å². The molecule has 25 heavy (non-hydrogen) atoms. The van der Waals surface area contributed by atoms with E-state index in [4.69, 9.17) is 4.42 Å². The zero-order valence-electron chi connectivity index (χ0n) is 12.9. The first kappa shape index (κ1) is 17.2. The highest BCUT2D eigenvalue weighted by atomic mass is 79.9. The Bertz CT molecular complexity index is 964. The number of hydrogen-bond acceptors (Lipinski definition) is 5. The number of allylic oxidation sites excluding steroid dienone is 1. The van der Waals surface area contributed by atoms with Crippen molar-refractivity contribution in [2.75, 3.05) is 7.11 Å². The molecule has 0 atom stereocenters. The standard InChI is InChI=1S/C17H9BrF2O5/c1-6-12(18)17-11(15(23)13(6)21)8(5-25-17)14(22)7-3-9(19)16(24-2)10(20)4-7/h3-5H,1-2H3. The summed E-state index contributed by atoms with van der Waals surface area (Å²) in [7, 11) is 1.09. The van der Waals surface area contributed by atoms with Gasteiger partial charge in [0.2, 0.25) is 11.6 Å². The number of ketones is 3. The molecule has 0 fully saturated rings. The Balaban J connectivity index is 2.15. The zero-order chi connectivity index (χ0) is 18.5. The van der Waals surface area contributed by atoms with Crippen molar-refractivity contribution in [2.45, 2.75) is 6.92 Å². The van der Waals surface area contributed by atoms with E-state index in [0.717, 1.165) is 25.5 Å². The lowest BCUT2D eigenvalue weighted by molar-refractivity contribution is -0.111. The average Bonchev–Trinajstić information content (AvgIpc) is 3.02. The van der Waals surface area contributed by atoms with Crippen LogP contribution in [0.5, 0.6) is 5.75 Å². The van der Waals surface area contributed by atoms with E-state index in [1.165, 1.54) is 6.92 Å². The quantitative estimate of drug-likeness (QED) is 0.569. The van der Waals surface area contributed by atoms with Gasteiger partial charge in [-0.25, -0.2) is 8.78 Å². The molecule has 1 heterocycles. The molecule has 1 aromatic heterocycles. The summed E-state index contributed by atoms with van der Waals surface area (Å²) in [6, 6.07) is 1.57. The van der Waals surface area contributed by atoms with Gasteiger partial charge in [0.05, 0.1) is 22.7 Å². The molecule has 0 radical (unpaired) electrons. The number of hydrogen-bond donors (Lipinski definition) is 0. The summed E-state index contributed by atoms with van der Waals surface area (Å²) in [6.07, 6.45) is 0.984. The van der Waals surface area contributed by atoms with Gasteiger partial charge in [0.1, 0.15) is 6.26 Å². The van der Waals surface area contributed by atoms with Crippen molar-refractivity contribution < 1.29 is 32.3 Å². The van der Waals surface area contributed by atoms with Gasteiger partial charge >= 0.3 is 0 Å². The first-order chi connectivity index (χ1) is 11.8. The van der Waals surface area contributed by atoms with Crippen LogP contribution in [0.3, 0.4) is 0 Å². The number of rotatable bonds is 3. The highest BCUT2D eigenvalue weighted by Gasteiger charge is 2.37. The number of carbonyl (C=O) groups excluding carboxylic acids is 3. The molecule has 0 spiro atoms. The molecule has 0 bridgehead atoms. The van der Waals surface area contributed by atoms with Crippen molar-refractivity contribution in [3.05, 3.63) is 58.1 Å². The third-order valence-corrected chi connectivity index (χ3v) is 4.76. The Hall–Kier alpha value is -2.61. The summed E-state index contributed by atoms with van der Waals surface area (Å²) in [5.41, 5.74) is -0.680. The van der Waals surface area contributed by atoms with E-state index in [9.17, 15) is 23.2 Å². The molecular weight excluding hydrogens is 402 g/mol. The van der Waals surface area contributed by atoms with Gasteiger partial charge < -0.3 is 9.15 Å². The van der Waals surface area contributed by atoms with Crippen LogP contribution < -0.4 is 4.74 Å². The fraction of sp³-hybridized carbons (Fsp3) is 0.118. The van der Waals surface area contributed by atoms with Crippen LogP contribution in [0, 0.1) is 11.6 Å². The van der Waals surface area contributed by atoms with Crippen molar-refractivity contribution in [3.63, 3.8) is 0 Å². The summed E-state index contributed by atoms with van der Waals surface area (Å²) in [5.74, 6) is -5.29. The number of ether oxygens (including phenoxy) is 1. The number of fused-ring (bicyclic) bond motifs is 1. The third kappa shape index (κ3) is 2.53. The van der Waals surface area contributed by atoms with E-state index in [1.807, 2.05) is 0 Å².